The Kier molecular flexibility index (Phi) is 4.59. The number of amides is 1. The molecule has 1 unspecified atom stereocenters. The Balaban J connectivity index is 2.80. The minimum atomic E-state index is -0.776. The van der Waals surface area contributed by atoms with E-state index in [1.807, 2.05) is 0 Å². The van der Waals surface area contributed by atoms with E-state index in [0.717, 1.165) is 0 Å². The van der Waals surface area contributed by atoms with Crippen LogP contribution in [0, 0.1) is 0 Å². The molecule has 0 bridgehead atoms. The maximum atomic E-state index is 11.7. The van der Waals surface area contributed by atoms with Gasteiger partial charge in [0.15, 0.2) is 11.9 Å². The highest BCUT2D eigenvalue weighted by atomic mass is 16.5. The first-order valence-corrected chi connectivity index (χ1v) is 5.49. The van der Waals surface area contributed by atoms with Crippen LogP contribution in [-0.4, -0.2) is 23.8 Å². The molecule has 0 saturated heterocycles. The lowest BCUT2D eigenvalue weighted by Crippen LogP contribution is -2.21. The van der Waals surface area contributed by atoms with Gasteiger partial charge in [0.25, 0.3) is 0 Å². The fourth-order valence-electron chi connectivity index (χ4n) is 1.24. The molecule has 1 atom stereocenters. The van der Waals surface area contributed by atoms with Crippen molar-refractivity contribution in [3.8, 4) is 0 Å². The van der Waals surface area contributed by atoms with Crippen molar-refractivity contribution in [2.45, 2.75) is 26.9 Å². The first kappa shape index (κ1) is 13.9. The number of rotatable bonds is 4. The van der Waals surface area contributed by atoms with Gasteiger partial charge in [-0.05, 0) is 32.0 Å². The van der Waals surface area contributed by atoms with E-state index < -0.39 is 12.1 Å². The topological polar surface area (TPSA) is 72.5 Å². The summed E-state index contributed by atoms with van der Waals surface area (Å²) >= 11 is 0. The normalized spacial score (nSPS) is 11.5. The largest absolute Gasteiger partial charge is 0.451 e. The van der Waals surface area contributed by atoms with Crippen molar-refractivity contribution in [3.63, 3.8) is 0 Å². The van der Waals surface area contributed by atoms with Crippen molar-refractivity contribution in [2.24, 2.45) is 0 Å². The van der Waals surface area contributed by atoms with E-state index in [4.69, 9.17) is 4.74 Å². The summed E-state index contributed by atoms with van der Waals surface area (Å²) in [7, 11) is 0. The molecule has 1 aromatic carbocycles. The van der Waals surface area contributed by atoms with E-state index in [0.29, 0.717) is 5.69 Å². The molecule has 0 heterocycles. The third-order valence-electron chi connectivity index (χ3n) is 2.27. The third kappa shape index (κ3) is 4.01. The highest BCUT2D eigenvalue weighted by Gasteiger charge is 2.15. The van der Waals surface area contributed by atoms with Gasteiger partial charge in [-0.2, -0.15) is 0 Å². The molecule has 1 rings (SSSR count). The zero-order valence-electron chi connectivity index (χ0n) is 10.5. The second-order valence-electron chi connectivity index (χ2n) is 3.92. The monoisotopic (exact) mass is 249 g/mol. The van der Waals surface area contributed by atoms with Crippen LogP contribution in [0.15, 0.2) is 24.3 Å². The number of esters is 1. The molecule has 0 aliphatic heterocycles. The molecule has 0 radical (unpaired) electrons. The van der Waals surface area contributed by atoms with E-state index in [-0.39, 0.29) is 17.3 Å². The van der Waals surface area contributed by atoms with E-state index in [2.05, 4.69) is 5.32 Å². The predicted octanol–water partition coefficient (Wildman–Crippen LogP) is 1.78. The SMILES string of the molecule is CC(=O)Nc1cccc(C(=O)OC(C)C(C)=O)c1. The highest BCUT2D eigenvalue weighted by Crippen LogP contribution is 2.12. The van der Waals surface area contributed by atoms with Gasteiger partial charge in [-0.15, -0.1) is 0 Å². The number of nitrogens with one attached hydrogen (secondary N) is 1. The Morgan fingerprint density at radius 2 is 1.89 bits per heavy atom. The summed E-state index contributed by atoms with van der Waals surface area (Å²) in [5, 5.41) is 2.56. The van der Waals surface area contributed by atoms with Crippen LogP contribution in [0.2, 0.25) is 0 Å². The zero-order chi connectivity index (χ0) is 13.7. The molecule has 96 valence electrons. The molecule has 18 heavy (non-hydrogen) atoms. The van der Waals surface area contributed by atoms with Crippen molar-refractivity contribution < 1.29 is 19.1 Å². The average molecular weight is 249 g/mol. The second-order valence-corrected chi connectivity index (χ2v) is 3.92. The molecule has 0 aliphatic carbocycles. The molecule has 0 aromatic heterocycles. The predicted molar refractivity (Wildman–Crippen MR) is 66.3 cm³/mol. The van der Waals surface area contributed by atoms with E-state index in [1.165, 1.54) is 26.8 Å². The van der Waals surface area contributed by atoms with Gasteiger partial charge in [-0.3, -0.25) is 9.59 Å². The van der Waals surface area contributed by atoms with Gasteiger partial charge >= 0.3 is 5.97 Å². The second kappa shape index (κ2) is 5.95. The number of ketones is 1. The van der Waals surface area contributed by atoms with Crippen LogP contribution in [0.3, 0.4) is 0 Å². The van der Waals surface area contributed by atoms with E-state index in [9.17, 15) is 14.4 Å². The lowest BCUT2D eigenvalue weighted by molar-refractivity contribution is -0.124. The van der Waals surface area contributed by atoms with Gasteiger partial charge < -0.3 is 10.1 Å². The van der Waals surface area contributed by atoms with E-state index in [1.54, 1.807) is 18.2 Å². The van der Waals surface area contributed by atoms with Crippen molar-refractivity contribution >= 4 is 23.3 Å². The molecular weight excluding hydrogens is 234 g/mol. The zero-order valence-corrected chi connectivity index (χ0v) is 10.5. The Morgan fingerprint density at radius 1 is 1.22 bits per heavy atom. The Hall–Kier alpha value is -2.17. The number of carbonyl (C=O) groups excluding carboxylic acids is 3. The molecule has 1 aromatic rings. The summed E-state index contributed by atoms with van der Waals surface area (Å²) in [4.78, 5) is 33.6. The van der Waals surface area contributed by atoms with Crippen LogP contribution < -0.4 is 5.32 Å². The molecule has 5 heteroatoms. The van der Waals surface area contributed by atoms with Crippen molar-refractivity contribution in [3.05, 3.63) is 29.8 Å². The van der Waals surface area contributed by atoms with Crippen LogP contribution in [-0.2, 0) is 14.3 Å². The Labute approximate surface area is 105 Å². The van der Waals surface area contributed by atoms with Crippen LogP contribution >= 0.6 is 0 Å². The fourth-order valence-corrected chi connectivity index (χ4v) is 1.24. The number of hydrogen-bond acceptors (Lipinski definition) is 4. The fraction of sp³-hybridized carbons (Fsp3) is 0.308. The van der Waals surface area contributed by atoms with E-state index >= 15 is 0 Å². The van der Waals surface area contributed by atoms with Gasteiger partial charge in [-0.1, -0.05) is 6.07 Å². The smallest absolute Gasteiger partial charge is 0.338 e. The highest BCUT2D eigenvalue weighted by molar-refractivity contribution is 5.95. The van der Waals surface area contributed by atoms with Gasteiger partial charge in [0.1, 0.15) is 0 Å². The Morgan fingerprint density at radius 3 is 2.44 bits per heavy atom. The standard InChI is InChI=1S/C13H15NO4/c1-8(15)9(2)18-13(17)11-5-4-6-12(7-11)14-10(3)16/h4-7,9H,1-3H3,(H,14,16). The van der Waals surface area contributed by atoms with Crippen LogP contribution in [0.1, 0.15) is 31.1 Å². The average Bonchev–Trinajstić information content (AvgIpc) is 2.28. The summed E-state index contributed by atoms with van der Waals surface area (Å²) in [5.41, 5.74) is 0.793. The first-order chi connectivity index (χ1) is 8.40. The van der Waals surface area contributed by atoms with Crippen molar-refractivity contribution in [1.29, 1.82) is 0 Å². The molecule has 1 amide bonds. The summed E-state index contributed by atoms with van der Waals surface area (Å²) in [6.45, 7) is 4.24. The third-order valence-corrected chi connectivity index (χ3v) is 2.27. The molecule has 0 aliphatic rings. The summed E-state index contributed by atoms with van der Waals surface area (Å²) in [5.74, 6) is -1.04. The van der Waals surface area contributed by atoms with Gasteiger partial charge in [0.05, 0.1) is 5.56 Å². The van der Waals surface area contributed by atoms with Gasteiger partial charge in [0.2, 0.25) is 5.91 Å². The Bertz CT molecular complexity index is 482. The number of carbonyl (C=O) groups is 3. The molecule has 1 N–H and O–H groups in total. The number of Topliss-reactive ketones (excluding diaryl/α,β-unsaturated/α-hetero) is 1. The van der Waals surface area contributed by atoms with Crippen LogP contribution in [0.25, 0.3) is 0 Å². The quantitative estimate of drug-likeness (QED) is 0.825. The van der Waals surface area contributed by atoms with Gasteiger partial charge in [0, 0.05) is 12.6 Å². The lowest BCUT2D eigenvalue weighted by Gasteiger charge is -2.10. The van der Waals surface area contributed by atoms with Crippen molar-refractivity contribution in [1.82, 2.24) is 0 Å². The summed E-state index contributed by atoms with van der Waals surface area (Å²) in [6, 6.07) is 6.34. The molecule has 5 nitrogen and oxygen atoms in total. The maximum Gasteiger partial charge on any atom is 0.338 e. The summed E-state index contributed by atoms with van der Waals surface area (Å²) in [6.07, 6.45) is -0.776. The van der Waals surface area contributed by atoms with Gasteiger partial charge in [-0.25, -0.2) is 4.79 Å². The first-order valence-electron chi connectivity index (χ1n) is 5.49. The van der Waals surface area contributed by atoms with Crippen LogP contribution in [0.5, 0.6) is 0 Å². The van der Waals surface area contributed by atoms with Crippen LogP contribution in [0.4, 0.5) is 5.69 Å². The minimum Gasteiger partial charge on any atom is -0.451 e. The summed E-state index contributed by atoms with van der Waals surface area (Å²) < 4.78 is 4.96. The maximum absolute atomic E-state index is 11.7. The molecular formula is C13H15NO4. The molecule has 0 saturated carbocycles. The lowest BCUT2D eigenvalue weighted by atomic mass is 10.2. The minimum absolute atomic E-state index is 0.221. The number of hydrogen-bond donors (Lipinski definition) is 1. The molecule has 0 fully saturated rings. The number of anilines is 1. The van der Waals surface area contributed by atoms with Crippen molar-refractivity contribution in [2.75, 3.05) is 5.32 Å². The number of benzene rings is 1. The molecule has 0 spiro atoms. The number of ether oxygens (including phenoxy) is 1.